The number of ether oxygens (including phenoxy) is 1. The lowest BCUT2D eigenvalue weighted by Crippen LogP contribution is -2.51. The molecule has 0 unspecified atom stereocenters. The Morgan fingerprint density at radius 1 is 0.943 bits per heavy atom. The minimum absolute atomic E-state index is 0.195. The average molecular weight is 493 g/mol. The Labute approximate surface area is 202 Å². The Bertz CT molecular complexity index is 1590. The van der Waals surface area contributed by atoms with Crippen LogP contribution in [0.4, 0.5) is 0 Å². The van der Waals surface area contributed by atoms with Crippen molar-refractivity contribution < 1.29 is 22.4 Å². The Balaban J connectivity index is 1.21. The quantitative estimate of drug-likeness (QED) is 0.397. The van der Waals surface area contributed by atoms with E-state index < -0.39 is 15.6 Å². The zero-order valence-corrected chi connectivity index (χ0v) is 20.0. The maximum absolute atomic E-state index is 13.1. The Morgan fingerprint density at radius 3 is 2.46 bits per heavy atom. The fraction of sp³-hybridized carbons (Fsp3) is 0.231. The molecule has 0 N–H and O–H groups in total. The van der Waals surface area contributed by atoms with Gasteiger partial charge in [0, 0.05) is 43.7 Å². The van der Waals surface area contributed by atoms with Crippen LogP contribution in [0, 0.1) is 6.92 Å². The lowest BCUT2D eigenvalue weighted by molar-refractivity contribution is -0.134. The van der Waals surface area contributed by atoms with E-state index in [0.717, 1.165) is 21.7 Å². The Morgan fingerprint density at radius 2 is 1.69 bits per heavy atom. The van der Waals surface area contributed by atoms with Crippen LogP contribution >= 0.6 is 0 Å². The van der Waals surface area contributed by atoms with Crippen molar-refractivity contribution in [1.29, 1.82) is 0 Å². The average Bonchev–Trinajstić information content (AvgIpc) is 2.86. The van der Waals surface area contributed by atoms with Crippen molar-refractivity contribution in [3.63, 3.8) is 0 Å². The van der Waals surface area contributed by atoms with Crippen molar-refractivity contribution >= 4 is 37.7 Å². The molecule has 1 aliphatic rings. The van der Waals surface area contributed by atoms with Crippen LogP contribution in [0.5, 0.6) is 5.75 Å². The summed E-state index contributed by atoms with van der Waals surface area (Å²) in [6.45, 7) is 2.60. The van der Waals surface area contributed by atoms with Gasteiger partial charge in [-0.1, -0.05) is 30.3 Å². The summed E-state index contributed by atoms with van der Waals surface area (Å²) < 4.78 is 38.5. The first-order valence-electron chi connectivity index (χ1n) is 11.3. The molecule has 2 heterocycles. The Hall–Kier alpha value is -3.69. The van der Waals surface area contributed by atoms with Crippen LogP contribution in [0.2, 0.25) is 0 Å². The number of benzene rings is 3. The molecule has 0 radical (unpaired) electrons. The predicted molar refractivity (Wildman–Crippen MR) is 132 cm³/mol. The summed E-state index contributed by atoms with van der Waals surface area (Å²) in [7, 11) is -3.66. The Kier molecular flexibility index (Phi) is 6.04. The molecule has 0 spiro atoms. The molecule has 5 rings (SSSR count). The van der Waals surface area contributed by atoms with Crippen LogP contribution in [0.1, 0.15) is 5.56 Å². The van der Waals surface area contributed by atoms with E-state index in [9.17, 15) is 18.0 Å². The van der Waals surface area contributed by atoms with Crippen molar-refractivity contribution in [1.82, 2.24) is 9.21 Å². The highest BCUT2D eigenvalue weighted by Crippen LogP contribution is 2.24. The van der Waals surface area contributed by atoms with E-state index in [4.69, 9.17) is 9.15 Å². The molecular formula is C26H24N2O6S. The fourth-order valence-electron chi connectivity index (χ4n) is 4.29. The van der Waals surface area contributed by atoms with Crippen LogP contribution < -0.4 is 10.4 Å². The minimum Gasteiger partial charge on any atom is -0.484 e. The molecule has 35 heavy (non-hydrogen) atoms. The third-order valence-electron chi connectivity index (χ3n) is 6.24. The predicted octanol–water partition coefficient (Wildman–Crippen LogP) is 3.17. The van der Waals surface area contributed by atoms with E-state index in [1.165, 1.54) is 10.4 Å². The number of carbonyl (C=O) groups is 1. The maximum Gasteiger partial charge on any atom is 0.336 e. The lowest BCUT2D eigenvalue weighted by Gasteiger charge is -2.34. The second kappa shape index (κ2) is 9.16. The summed E-state index contributed by atoms with van der Waals surface area (Å²) in [5.41, 5.74) is 0.752. The molecule has 1 fully saturated rings. The van der Waals surface area contributed by atoms with Crippen LogP contribution in [0.25, 0.3) is 21.7 Å². The molecule has 9 heteroatoms. The first kappa shape index (κ1) is 23.1. The molecule has 1 aliphatic heterocycles. The van der Waals surface area contributed by atoms with Crippen LogP contribution in [0.3, 0.4) is 0 Å². The van der Waals surface area contributed by atoms with E-state index in [2.05, 4.69) is 0 Å². The van der Waals surface area contributed by atoms with Gasteiger partial charge in [0.25, 0.3) is 5.91 Å². The minimum atomic E-state index is -3.66. The van der Waals surface area contributed by atoms with Gasteiger partial charge in [-0.25, -0.2) is 13.2 Å². The van der Waals surface area contributed by atoms with Crippen LogP contribution in [-0.4, -0.2) is 56.3 Å². The van der Waals surface area contributed by atoms with Crippen LogP contribution in [0.15, 0.2) is 80.8 Å². The summed E-state index contributed by atoms with van der Waals surface area (Å²) in [5.74, 6) is 0.177. The summed E-state index contributed by atoms with van der Waals surface area (Å²) in [5, 5.41) is 2.64. The lowest BCUT2D eigenvalue weighted by atomic mass is 10.1. The van der Waals surface area contributed by atoms with Gasteiger partial charge >= 0.3 is 5.63 Å². The van der Waals surface area contributed by atoms with Gasteiger partial charge in [0.1, 0.15) is 11.3 Å². The third-order valence-corrected chi connectivity index (χ3v) is 8.13. The molecule has 1 aromatic heterocycles. The van der Waals surface area contributed by atoms with Crippen molar-refractivity contribution in [3.8, 4) is 5.75 Å². The molecule has 4 aromatic rings. The highest BCUT2D eigenvalue weighted by molar-refractivity contribution is 7.89. The zero-order chi connectivity index (χ0) is 24.6. The van der Waals surface area contributed by atoms with Gasteiger partial charge in [0.15, 0.2) is 6.61 Å². The molecule has 0 saturated carbocycles. The summed E-state index contributed by atoms with van der Waals surface area (Å²) in [4.78, 5) is 26.1. The van der Waals surface area contributed by atoms with Crippen molar-refractivity contribution in [2.45, 2.75) is 11.8 Å². The van der Waals surface area contributed by atoms with Gasteiger partial charge in [-0.05, 0) is 47.5 Å². The standard InChI is InChI=1S/C26H24N2O6S/c1-18-14-26(30)34-24-16-21(7-9-23(18)24)33-17-25(29)27-10-12-28(13-11-27)35(31,32)22-8-6-19-4-2-3-5-20(19)15-22/h2-9,14-16H,10-13,17H2,1H3. The molecule has 8 nitrogen and oxygen atoms in total. The molecule has 1 amide bonds. The second-order valence-corrected chi connectivity index (χ2v) is 10.4. The van der Waals surface area contributed by atoms with Gasteiger partial charge < -0.3 is 14.1 Å². The van der Waals surface area contributed by atoms with E-state index in [-0.39, 0.29) is 43.6 Å². The topological polar surface area (TPSA) is 97.1 Å². The largest absolute Gasteiger partial charge is 0.484 e. The first-order valence-corrected chi connectivity index (χ1v) is 12.7. The molecule has 0 aliphatic carbocycles. The fourth-order valence-corrected chi connectivity index (χ4v) is 5.74. The van der Waals surface area contributed by atoms with Crippen molar-refractivity contribution in [2.24, 2.45) is 0 Å². The number of aryl methyl sites for hydroxylation is 1. The summed E-state index contributed by atoms with van der Waals surface area (Å²) in [6, 6.07) is 19.2. The molecule has 0 bridgehead atoms. The van der Waals surface area contributed by atoms with Gasteiger partial charge in [-0.15, -0.1) is 0 Å². The van der Waals surface area contributed by atoms with Crippen molar-refractivity contribution in [2.75, 3.05) is 32.8 Å². The molecule has 3 aromatic carbocycles. The molecule has 1 saturated heterocycles. The smallest absolute Gasteiger partial charge is 0.336 e. The second-order valence-electron chi connectivity index (χ2n) is 8.49. The number of hydrogen-bond acceptors (Lipinski definition) is 6. The van der Waals surface area contributed by atoms with Gasteiger partial charge in [0.05, 0.1) is 4.90 Å². The monoisotopic (exact) mass is 492 g/mol. The number of carbonyl (C=O) groups excluding carboxylic acids is 1. The maximum atomic E-state index is 13.1. The van der Waals surface area contributed by atoms with E-state index in [1.54, 1.807) is 41.3 Å². The number of piperazine rings is 1. The van der Waals surface area contributed by atoms with E-state index >= 15 is 0 Å². The number of sulfonamides is 1. The number of fused-ring (bicyclic) bond motifs is 2. The number of amides is 1. The zero-order valence-electron chi connectivity index (χ0n) is 19.1. The summed E-state index contributed by atoms with van der Waals surface area (Å²) in [6.07, 6.45) is 0. The molecular weight excluding hydrogens is 468 g/mol. The third kappa shape index (κ3) is 4.65. The summed E-state index contributed by atoms with van der Waals surface area (Å²) >= 11 is 0. The molecule has 0 atom stereocenters. The number of nitrogens with zero attached hydrogens (tertiary/aromatic N) is 2. The highest BCUT2D eigenvalue weighted by atomic mass is 32.2. The van der Waals surface area contributed by atoms with Crippen molar-refractivity contribution in [3.05, 3.63) is 82.7 Å². The number of hydrogen-bond donors (Lipinski definition) is 0. The van der Waals surface area contributed by atoms with E-state index in [0.29, 0.717) is 11.3 Å². The normalized spacial score (nSPS) is 14.9. The van der Waals surface area contributed by atoms with Gasteiger partial charge in [-0.2, -0.15) is 4.31 Å². The highest BCUT2D eigenvalue weighted by Gasteiger charge is 2.30. The SMILES string of the molecule is Cc1cc(=O)oc2cc(OCC(=O)N3CCN(S(=O)(=O)c4ccc5ccccc5c4)CC3)ccc12. The van der Waals surface area contributed by atoms with Gasteiger partial charge in [0.2, 0.25) is 10.0 Å². The first-order chi connectivity index (χ1) is 16.8. The van der Waals surface area contributed by atoms with E-state index in [1.807, 2.05) is 31.2 Å². The van der Waals surface area contributed by atoms with Gasteiger partial charge in [-0.3, -0.25) is 4.79 Å². The van der Waals surface area contributed by atoms with Crippen LogP contribution in [-0.2, 0) is 14.8 Å². The molecule has 180 valence electrons. The number of rotatable bonds is 5.